The molecule has 1 amide bonds. The molecule has 5 rings (SSSR count). The quantitative estimate of drug-likeness (QED) is 0.196. The maximum Gasteiger partial charge on any atom is 0.270 e. The van der Waals surface area contributed by atoms with Gasteiger partial charge in [-0.25, -0.2) is 0 Å². The highest BCUT2D eigenvalue weighted by Crippen LogP contribution is 2.36. The lowest BCUT2D eigenvalue weighted by Crippen LogP contribution is -2.27. The van der Waals surface area contributed by atoms with Crippen molar-refractivity contribution >= 4 is 72.7 Å². The minimum atomic E-state index is -0.116. The summed E-state index contributed by atoms with van der Waals surface area (Å²) in [7, 11) is 0. The molecule has 0 aliphatic carbocycles. The zero-order valence-electron chi connectivity index (χ0n) is 17.4. The van der Waals surface area contributed by atoms with Gasteiger partial charge < -0.3 is 4.74 Å². The van der Waals surface area contributed by atoms with E-state index in [2.05, 4.69) is 40.2 Å². The molecule has 4 aromatic carbocycles. The minimum Gasteiger partial charge on any atom is -0.489 e. The number of hydrogen-bond donors (Lipinski definition) is 0. The first-order chi connectivity index (χ1) is 16.1. The standard InChI is InChI=1S/C27H18BrNO2S2/c28-21-11-13-22(14-12-21)29-26(30)25(33-27(29)32)16-18-5-3-9-23(15-18)31-17-20-8-4-7-19-6-1-2-10-24(19)20/h1-16H,17H2/b25-16+. The highest BCUT2D eigenvalue weighted by Gasteiger charge is 2.33. The van der Waals surface area contributed by atoms with Crippen LogP contribution in [0.4, 0.5) is 5.69 Å². The summed E-state index contributed by atoms with van der Waals surface area (Å²) in [5, 5.41) is 2.38. The van der Waals surface area contributed by atoms with Gasteiger partial charge in [-0.3, -0.25) is 9.69 Å². The van der Waals surface area contributed by atoms with Crippen molar-refractivity contribution in [2.24, 2.45) is 0 Å². The van der Waals surface area contributed by atoms with Crippen LogP contribution in [0.3, 0.4) is 0 Å². The molecular weight excluding hydrogens is 514 g/mol. The van der Waals surface area contributed by atoms with Crippen LogP contribution in [0.15, 0.2) is 100 Å². The van der Waals surface area contributed by atoms with Crippen molar-refractivity contribution in [3.63, 3.8) is 0 Å². The number of benzene rings is 4. The first-order valence-corrected chi connectivity index (χ1v) is 12.3. The van der Waals surface area contributed by atoms with Crippen LogP contribution in [-0.2, 0) is 11.4 Å². The molecule has 4 aromatic rings. The van der Waals surface area contributed by atoms with Crippen molar-refractivity contribution in [1.29, 1.82) is 0 Å². The molecule has 0 bridgehead atoms. The van der Waals surface area contributed by atoms with E-state index in [0.717, 1.165) is 27.0 Å². The SMILES string of the molecule is O=C1/C(=C\c2cccc(OCc3cccc4ccccc34)c2)SC(=S)N1c1ccc(Br)cc1. The van der Waals surface area contributed by atoms with Crippen LogP contribution >= 0.6 is 39.9 Å². The average molecular weight is 532 g/mol. The van der Waals surface area contributed by atoms with Gasteiger partial charge in [-0.1, -0.05) is 94.5 Å². The number of nitrogens with zero attached hydrogens (tertiary/aromatic N) is 1. The van der Waals surface area contributed by atoms with E-state index in [1.54, 1.807) is 4.90 Å². The molecule has 3 nitrogen and oxygen atoms in total. The van der Waals surface area contributed by atoms with Crippen LogP contribution in [0.1, 0.15) is 11.1 Å². The Balaban J connectivity index is 1.34. The molecule has 1 saturated heterocycles. The summed E-state index contributed by atoms with van der Waals surface area (Å²) in [5.41, 5.74) is 2.78. The minimum absolute atomic E-state index is 0.116. The van der Waals surface area contributed by atoms with E-state index in [1.807, 2.05) is 72.8 Å². The molecule has 6 heteroatoms. The third kappa shape index (κ3) is 4.74. The van der Waals surface area contributed by atoms with Crippen LogP contribution < -0.4 is 9.64 Å². The molecule has 0 radical (unpaired) electrons. The maximum atomic E-state index is 13.0. The Morgan fingerprint density at radius 1 is 0.939 bits per heavy atom. The van der Waals surface area contributed by atoms with E-state index in [4.69, 9.17) is 17.0 Å². The Labute approximate surface area is 210 Å². The third-order valence-electron chi connectivity index (χ3n) is 5.31. The predicted octanol–water partition coefficient (Wildman–Crippen LogP) is 7.59. The van der Waals surface area contributed by atoms with Gasteiger partial charge in [-0.15, -0.1) is 0 Å². The van der Waals surface area contributed by atoms with E-state index in [1.165, 1.54) is 22.5 Å². The van der Waals surface area contributed by atoms with E-state index in [-0.39, 0.29) is 5.91 Å². The lowest BCUT2D eigenvalue weighted by Gasteiger charge is -2.14. The van der Waals surface area contributed by atoms with Crippen LogP contribution in [0.2, 0.25) is 0 Å². The summed E-state index contributed by atoms with van der Waals surface area (Å²) in [6.45, 7) is 0.469. The second-order valence-electron chi connectivity index (χ2n) is 7.49. The lowest BCUT2D eigenvalue weighted by molar-refractivity contribution is -0.113. The zero-order chi connectivity index (χ0) is 22.8. The Hall–Kier alpha value is -2.93. The molecule has 1 heterocycles. The molecule has 1 aliphatic rings. The number of thiocarbonyl (C=S) groups is 1. The fraction of sp³-hybridized carbons (Fsp3) is 0.0370. The molecule has 0 atom stereocenters. The van der Waals surface area contributed by atoms with Crippen molar-refractivity contribution < 1.29 is 9.53 Å². The van der Waals surface area contributed by atoms with Crippen molar-refractivity contribution in [3.05, 3.63) is 112 Å². The number of halogens is 1. The van der Waals surface area contributed by atoms with Crippen LogP contribution in [0.5, 0.6) is 5.75 Å². The first-order valence-electron chi connectivity index (χ1n) is 10.3. The number of carbonyl (C=O) groups excluding carboxylic acids is 1. The number of rotatable bonds is 5. The summed E-state index contributed by atoms with van der Waals surface area (Å²) < 4.78 is 7.57. The highest BCUT2D eigenvalue weighted by atomic mass is 79.9. The Kier molecular flexibility index (Phi) is 6.31. The Morgan fingerprint density at radius 3 is 2.55 bits per heavy atom. The van der Waals surface area contributed by atoms with Crippen molar-refractivity contribution in [1.82, 2.24) is 0 Å². The van der Waals surface area contributed by atoms with Gasteiger partial charge in [0.25, 0.3) is 5.91 Å². The van der Waals surface area contributed by atoms with Gasteiger partial charge in [0.15, 0.2) is 4.32 Å². The molecule has 0 aromatic heterocycles. The van der Waals surface area contributed by atoms with Gasteiger partial charge in [0.1, 0.15) is 12.4 Å². The zero-order valence-corrected chi connectivity index (χ0v) is 20.6. The maximum absolute atomic E-state index is 13.0. The van der Waals surface area contributed by atoms with E-state index in [0.29, 0.717) is 15.8 Å². The molecule has 1 aliphatic heterocycles. The van der Waals surface area contributed by atoms with Crippen LogP contribution in [0, 0.1) is 0 Å². The number of ether oxygens (including phenoxy) is 1. The van der Waals surface area contributed by atoms with Crippen molar-refractivity contribution in [3.8, 4) is 5.75 Å². The van der Waals surface area contributed by atoms with E-state index in [9.17, 15) is 4.79 Å². The molecule has 0 saturated carbocycles. The number of fused-ring (bicyclic) bond motifs is 1. The van der Waals surface area contributed by atoms with Gasteiger partial charge in [-0.05, 0) is 64.4 Å². The van der Waals surface area contributed by atoms with Crippen LogP contribution in [0.25, 0.3) is 16.8 Å². The summed E-state index contributed by atoms with van der Waals surface area (Å²) >= 11 is 10.2. The second kappa shape index (κ2) is 9.51. The normalized spacial score (nSPS) is 14.9. The van der Waals surface area contributed by atoms with Gasteiger partial charge in [-0.2, -0.15) is 0 Å². The van der Waals surface area contributed by atoms with Gasteiger partial charge in [0.05, 0.1) is 10.6 Å². The van der Waals surface area contributed by atoms with Gasteiger partial charge in [0, 0.05) is 4.47 Å². The summed E-state index contributed by atoms with van der Waals surface area (Å²) in [5.74, 6) is 0.634. The number of amides is 1. The lowest BCUT2D eigenvalue weighted by atomic mass is 10.1. The number of hydrogen-bond acceptors (Lipinski definition) is 4. The second-order valence-corrected chi connectivity index (χ2v) is 10.1. The molecule has 0 unspecified atom stereocenters. The summed E-state index contributed by atoms with van der Waals surface area (Å²) in [6, 6.07) is 29.8. The number of thioether (sulfide) groups is 1. The summed E-state index contributed by atoms with van der Waals surface area (Å²) in [4.78, 5) is 15.2. The molecule has 1 fully saturated rings. The van der Waals surface area contributed by atoms with E-state index >= 15 is 0 Å². The van der Waals surface area contributed by atoms with Crippen molar-refractivity contribution in [2.75, 3.05) is 4.90 Å². The first kappa shape index (κ1) is 21.9. The fourth-order valence-corrected chi connectivity index (χ4v) is 5.27. The largest absolute Gasteiger partial charge is 0.489 e. The Morgan fingerprint density at radius 2 is 1.70 bits per heavy atom. The van der Waals surface area contributed by atoms with E-state index < -0.39 is 0 Å². The van der Waals surface area contributed by atoms with Gasteiger partial charge >= 0.3 is 0 Å². The number of carbonyl (C=O) groups is 1. The number of anilines is 1. The predicted molar refractivity (Wildman–Crippen MR) is 145 cm³/mol. The fourth-order valence-electron chi connectivity index (χ4n) is 3.71. The monoisotopic (exact) mass is 531 g/mol. The third-order valence-corrected chi connectivity index (χ3v) is 7.14. The van der Waals surface area contributed by atoms with Crippen LogP contribution in [-0.4, -0.2) is 10.2 Å². The molecular formula is C27H18BrNO2S2. The molecule has 162 valence electrons. The molecule has 33 heavy (non-hydrogen) atoms. The topological polar surface area (TPSA) is 29.5 Å². The van der Waals surface area contributed by atoms with Gasteiger partial charge in [0.2, 0.25) is 0 Å². The van der Waals surface area contributed by atoms with Crippen molar-refractivity contribution in [2.45, 2.75) is 6.61 Å². The summed E-state index contributed by atoms with van der Waals surface area (Å²) in [6.07, 6.45) is 1.86. The Bertz CT molecular complexity index is 1390. The molecule has 0 spiro atoms. The smallest absolute Gasteiger partial charge is 0.270 e. The highest BCUT2D eigenvalue weighted by molar-refractivity contribution is 9.10. The average Bonchev–Trinajstić information content (AvgIpc) is 3.11. The molecule has 0 N–H and O–H groups in total.